The molecule has 1 nitrogen and oxygen atoms in total. The summed E-state index contributed by atoms with van der Waals surface area (Å²) in [5.74, 6) is 0. The first-order chi connectivity index (χ1) is 8.12. The SMILES string of the molecule is CC1(C(O)Cc2ccccc2Br)CCCCC1. The topological polar surface area (TPSA) is 20.2 Å². The van der Waals surface area contributed by atoms with Gasteiger partial charge in [-0.05, 0) is 36.3 Å². The van der Waals surface area contributed by atoms with Crippen LogP contribution >= 0.6 is 15.9 Å². The fraction of sp³-hybridized carbons (Fsp3) is 0.600. The highest BCUT2D eigenvalue weighted by atomic mass is 79.9. The van der Waals surface area contributed by atoms with E-state index >= 15 is 0 Å². The van der Waals surface area contributed by atoms with Crippen LogP contribution in [0.1, 0.15) is 44.6 Å². The first kappa shape index (κ1) is 13.1. The molecule has 1 aliphatic carbocycles. The van der Waals surface area contributed by atoms with Gasteiger partial charge in [-0.3, -0.25) is 0 Å². The molecule has 1 fully saturated rings. The summed E-state index contributed by atoms with van der Waals surface area (Å²) < 4.78 is 1.11. The van der Waals surface area contributed by atoms with Gasteiger partial charge in [0.2, 0.25) is 0 Å². The Morgan fingerprint density at radius 2 is 1.88 bits per heavy atom. The number of hydrogen-bond acceptors (Lipinski definition) is 1. The van der Waals surface area contributed by atoms with Crippen LogP contribution in [0, 0.1) is 5.41 Å². The molecule has 1 aliphatic rings. The third-order valence-corrected chi connectivity index (χ3v) is 4.94. The lowest BCUT2D eigenvalue weighted by Gasteiger charge is -2.38. The molecule has 0 heterocycles. The van der Waals surface area contributed by atoms with Crippen molar-refractivity contribution < 1.29 is 5.11 Å². The fourth-order valence-corrected chi connectivity index (χ4v) is 3.26. The van der Waals surface area contributed by atoms with Crippen molar-refractivity contribution in [2.75, 3.05) is 0 Å². The summed E-state index contributed by atoms with van der Waals surface area (Å²) in [6.45, 7) is 2.24. The number of hydrogen-bond donors (Lipinski definition) is 1. The lowest BCUT2D eigenvalue weighted by atomic mass is 9.70. The van der Waals surface area contributed by atoms with Crippen molar-refractivity contribution in [2.45, 2.75) is 51.6 Å². The molecule has 0 bridgehead atoms. The predicted octanol–water partition coefficient (Wildman–Crippen LogP) is 4.32. The molecule has 1 aromatic carbocycles. The first-order valence-corrected chi connectivity index (χ1v) is 7.33. The van der Waals surface area contributed by atoms with Crippen LogP contribution in [0.3, 0.4) is 0 Å². The minimum absolute atomic E-state index is 0.119. The number of aliphatic hydroxyl groups is 1. The van der Waals surface area contributed by atoms with Gasteiger partial charge in [0, 0.05) is 4.47 Å². The molecule has 0 aliphatic heterocycles. The quantitative estimate of drug-likeness (QED) is 0.880. The highest BCUT2D eigenvalue weighted by molar-refractivity contribution is 9.10. The number of halogens is 1. The van der Waals surface area contributed by atoms with Gasteiger partial charge in [-0.25, -0.2) is 0 Å². The van der Waals surface area contributed by atoms with E-state index in [4.69, 9.17) is 0 Å². The van der Waals surface area contributed by atoms with Crippen molar-refractivity contribution in [3.8, 4) is 0 Å². The number of aliphatic hydroxyl groups excluding tert-OH is 1. The van der Waals surface area contributed by atoms with Crippen LogP contribution in [-0.2, 0) is 6.42 Å². The van der Waals surface area contributed by atoms with Gasteiger partial charge in [0.25, 0.3) is 0 Å². The van der Waals surface area contributed by atoms with Gasteiger partial charge in [0.05, 0.1) is 6.10 Å². The lowest BCUT2D eigenvalue weighted by Crippen LogP contribution is -2.35. The Labute approximate surface area is 112 Å². The van der Waals surface area contributed by atoms with E-state index in [1.165, 1.54) is 37.7 Å². The van der Waals surface area contributed by atoms with E-state index in [0.717, 1.165) is 10.9 Å². The van der Waals surface area contributed by atoms with E-state index in [0.29, 0.717) is 0 Å². The van der Waals surface area contributed by atoms with Crippen molar-refractivity contribution >= 4 is 15.9 Å². The zero-order valence-corrected chi connectivity index (χ0v) is 12.0. The van der Waals surface area contributed by atoms with Gasteiger partial charge < -0.3 is 5.11 Å². The van der Waals surface area contributed by atoms with E-state index in [1.807, 2.05) is 18.2 Å². The van der Waals surface area contributed by atoms with E-state index in [9.17, 15) is 5.11 Å². The van der Waals surface area contributed by atoms with Gasteiger partial charge in [-0.15, -0.1) is 0 Å². The van der Waals surface area contributed by atoms with E-state index in [1.54, 1.807) is 0 Å². The second kappa shape index (κ2) is 5.53. The molecule has 1 unspecified atom stereocenters. The molecule has 94 valence electrons. The second-order valence-corrected chi connectivity index (χ2v) is 6.38. The summed E-state index contributed by atoms with van der Waals surface area (Å²) in [6.07, 6.45) is 6.74. The van der Waals surface area contributed by atoms with Crippen molar-refractivity contribution in [3.63, 3.8) is 0 Å². The van der Waals surface area contributed by atoms with Crippen molar-refractivity contribution in [2.24, 2.45) is 5.41 Å². The molecule has 1 N–H and O–H groups in total. The second-order valence-electron chi connectivity index (χ2n) is 5.53. The average Bonchev–Trinajstić information content (AvgIpc) is 2.33. The Kier molecular flexibility index (Phi) is 4.26. The molecule has 0 spiro atoms. The van der Waals surface area contributed by atoms with Crippen molar-refractivity contribution in [1.82, 2.24) is 0 Å². The number of rotatable bonds is 3. The van der Waals surface area contributed by atoms with Crippen molar-refractivity contribution in [3.05, 3.63) is 34.3 Å². The molecule has 2 heteroatoms. The monoisotopic (exact) mass is 296 g/mol. The molecule has 1 aromatic rings. The summed E-state index contributed by atoms with van der Waals surface area (Å²) in [5.41, 5.74) is 1.33. The zero-order valence-electron chi connectivity index (χ0n) is 10.5. The Bertz CT molecular complexity index is 369. The van der Waals surface area contributed by atoms with Crippen molar-refractivity contribution in [1.29, 1.82) is 0 Å². The molecule has 0 amide bonds. The highest BCUT2D eigenvalue weighted by Gasteiger charge is 2.34. The first-order valence-electron chi connectivity index (χ1n) is 6.53. The summed E-state index contributed by atoms with van der Waals surface area (Å²) in [6, 6.07) is 8.20. The van der Waals surface area contributed by atoms with E-state index < -0.39 is 0 Å². The standard InChI is InChI=1S/C15H21BrO/c1-15(9-5-2-6-10-15)14(17)11-12-7-3-4-8-13(12)16/h3-4,7-8,14,17H,2,5-6,9-11H2,1H3. The van der Waals surface area contributed by atoms with Crippen LogP contribution < -0.4 is 0 Å². The molecule has 1 atom stereocenters. The van der Waals surface area contributed by atoms with Crippen LogP contribution in [0.25, 0.3) is 0 Å². The molecule has 0 aromatic heterocycles. The summed E-state index contributed by atoms with van der Waals surface area (Å²) >= 11 is 3.56. The van der Waals surface area contributed by atoms with Gasteiger partial charge in [-0.1, -0.05) is 60.3 Å². The molecule has 17 heavy (non-hydrogen) atoms. The van der Waals surface area contributed by atoms with E-state index in [-0.39, 0.29) is 11.5 Å². The fourth-order valence-electron chi connectivity index (χ4n) is 2.81. The molecule has 2 rings (SSSR count). The summed E-state index contributed by atoms with van der Waals surface area (Å²) in [7, 11) is 0. The Hall–Kier alpha value is -0.340. The average molecular weight is 297 g/mol. The zero-order chi connectivity index (χ0) is 12.3. The van der Waals surface area contributed by atoms with Crippen LogP contribution in [0.15, 0.2) is 28.7 Å². The van der Waals surface area contributed by atoms with Crippen LogP contribution in [-0.4, -0.2) is 11.2 Å². The summed E-state index contributed by atoms with van der Waals surface area (Å²) in [5, 5.41) is 10.5. The smallest absolute Gasteiger partial charge is 0.0634 e. The maximum atomic E-state index is 10.5. The maximum absolute atomic E-state index is 10.5. The van der Waals surface area contributed by atoms with Crippen LogP contribution in [0.2, 0.25) is 0 Å². The molecule has 1 saturated carbocycles. The largest absolute Gasteiger partial charge is 0.392 e. The third kappa shape index (κ3) is 3.11. The molecular weight excluding hydrogens is 276 g/mol. The normalized spacial score (nSPS) is 21.1. The minimum Gasteiger partial charge on any atom is -0.392 e. The lowest BCUT2D eigenvalue weighted by molar-refractivity contribution is 0.0103. The van der Waals surface area contributed by atoms with Gasteiger partial charge in [0.1, 0.15) is 0 Å². The van der Waals surface area contributed by atoms with Gasteiger partial charge in [-0.2, -0.15) is 0 Å². The summed E-state index contributed by atoms with van der Waals surface area (Å²) in [4.78, 5) is 0. The van der Waals surface area contributed by atoms with Gasteiger partial charge in [0.15, 0.2) is 0 Å². The number of benzene rings is 1. The van der Waals surface area contributed by atoms with E-state index in [2.05, 4.69) is 28.9 Å². The molecular formula is C15H21BrO. The van der Waals surface area contributed by atoms with Crippen LogP contribution in [0.4, 0.5) is 0 Å². The molecule has 0 saturated heterocycles. The third-order valence-electron chi connectivity index (χ3n) is 4.17. The Morgan fingerprint density at radius 3 is 2.53 bits per heavy atom. The highest BCUT2D eigenvalue weighted by Crippen LogP contribution is 2.40. The maximum Gasteiger partial charge on any atom is 0.0634 e. The minimum atomic E-state index is -0.221. The van der Waals surface area contributed by atoms with Crippen LogP contribution in [0.5, 0.6) is 0 Å². The Morgan fingerprint density at radius 1 is 1.24 bits per heavy atom. The Balaban J connectivity index is 2.05. The predicted molar refractivity (Wildman–Crippen MR) is 75.0 cm³/mol. The van der Waals surface area contributed by atoms with Gasteiger partial charge >= 0.3 is 0 Å². The molecule has 0 radical (unpaired) electrons.